The standard InChI is InChI=1S/C21H30N6O2/c1-13(2)27-19-18(12-22-27)17(11-14(3)23-19)21(29)26-9-7-25(8-10-26)15(4)20(28)24-16-5-6-16/h11-13,15-16H,5-10H2,1-4H3,(H,24,28). The van der Waals surface area contributed by atoms with Gasteiger partial charge in [0.1, 0.15) is 0 Å². The third-order valence-corrected chi connectivity index (χ3v) is 5.87. The summed E-state index contributed by atoms with van der Waals surface area (Å²) in [5, 5.41) is 8.31. The van der Waals surface area contributed by atoms with Crippen LogP contribution in [0.15, 0.2) is 12.3 Å². The molecule has 0 aromatic carbocycles. The van der Waals surface area contributed by atoms with Crippen molar-refractivity contribution in [3.05, 3.63) is 23.5 Å². The predicted molar refractivity (Wildman–Crippen MR) is 111 cm³/mol. The molecule has 1 saturated carbocycles. The van der Waals surface area contributed by atoms with Crippen LogP contribution in [-0.4, -0.2) is 74.6 Å². The Labute approximate surface area is 171 Å². The highest BCUT2D eigenvalue weighted by Crippen LogP contribution is 2.23. The Morgan fingerprint density at radius 2 is 1.83 bits per heavy atom. The second-order valence-electron chi connectivity index (χ2n) is 8.52. The fourth-order valence-corrected chi connectivity index (χ4v) is 3.90. The molecule has 2 aliphatic rings. The summed E-state index contributed by atoms with van der Waals surface area (Å²) in [6.45, 7) is 10.6. The Bertz CT molecular complexity index is 925. The van der Waals surface area contributed by atoms with Gasteiger partial charge < -0.3 is 10.2 Å². The lowest BCUT2D eigenvalue weighted by Gasteiger charge is -2.37. The summed E-state index contributed by atoms with van der Waals surface area (Å²) in [5.41, 5.74) is 2.23. The van der Waals surface area contributed by atoms with Crippen LogP contribution in [0.3, 0.4) is 0 Å². The first-order valence-corrected chi connectivity index (χ1v) is 10.5. The lowest BCUT2D eigenvalue weighted by molar-refractivity contribution is -0.126. The number of aryl methyl sites for hydroxylation is 1. The Hall–Kier alpha value is -2.48. The van der Waals surface area contributed by atoms with Gasteiger partial charge in [0.2, 0.25) is 5.91 Å². The van der Waals surface area contributed by atoms with E-state index in [0.717, 1.165) is 29.6 Å². The number of rotatable bonds is 5. The first-order valence-electron chi connectivity index (χ1n) is 10.5. The van der Waals surface area contributed by atoms with Crippen LogP contribution >= 0.6 is 0 Å². The van der Waals surface area contributed by atoms with Gasteiger partial charge in [0.05, 0.1) is 23.2 Å². The molecule has 1 aliphatic carbocycles. The van der Waals surface area contributed by atoms with Gasteiger partial charge in [-0.25, -0.2) is 9.67 Å². The maximum absolute atomic E-state index is 13.3. The van der Waals surface area contributed by atoms with Gasteiger partial charge >= 0.3 is 0 Å². The lowest BCUT2D eigenvalue weighted by atomic mass is 10.1. The van der Waals surface area contributed by atoms with E-state index in [1.807, 2.05) is 29.5 Å². The van der Waals surface area contributed by atoms with Gasteiger partial charge in [-0.3, -0.25) is 14.5 Å². The minimum absolute atomic E-state index is 0.0125. The lowest BCUT2D eigenvalue weighted by Crippen LogP contribution is -2.55. The number of nitrogens with zero attached hydrogens (tertiary/aromatic N) is 5. The maximum atomic E-state index is 13.3. The van der Waals surface area contributed by atoms with Crippen LogP contribution in [-0.2, 0) is 4.79 Å². The molecule has 0 radical (unpaired) electrons. The van der Waals surface area contributed by atoms with Crippen molar-refractivity contribution in [1.29, 1.82) is 0 Å². The number of amides is 2. The second-order valence-corrected chi connectivity index (χ2v) is 8.52. The number of piperazine rings is 1. The van der Waals surface area contributed by atoms with Crippen LogP contribution < -0.4 is 5.32 Å². The molecule has 1 unspecified atom stereocenters. The summed E-state index contributed by atoms with van der Waals surface area (Å²) in [5.74, 6) is 0.110. The minimum atomic E-state index is -0.160. The van der Waals surface area contributed by atoms with Gasteiger partial charge in [-0.2, -0.15) is 5.10 Å². The van der Waals surface area contributed by atoms with E-state index in [4.69, 9.17) is 0 Å². The third kappa shape index (κ3) is 3.99. The van der Waals surface area contributed by atoms with E-state index in [-0.39, 0.29) is 23.9 Å². The molecule has 29 heavy (non-hydrogen) atoms. The van der Waals surface area contributed by atoms with Gasteiger partial charge in [-0.15, -0.1) is 0 Å². The summed E-state index contributed by atoms with van der Waals surface area (Å²) in [6, 6.07) is 2.25. The highest BCUT2D eigenvalue weighted by Gasteiger charge is 2.31. The number of nitrogens with one attached hydrogen (secondary N) is 1. The largest absolute Gasteiger partial charge is 0.352 e. The highest BCUT2D eigenvalue weighted by atomic mass is 16.2. The van der Waals surface area contributed by atoms with Gasteiger partial charge in [0.15, 0.2) is 5.65 Å². The van der Waals surface area contributed by atoms with Crippen LogP contribution in [0.5, 0.6) is 0 Å². The third-order valence-electron chi connectivity index (χ3n) is 5.87. The van der Waals surface area contributed by atoms with Crippen molar-refractivity contribution >= 4 is 22.8 Å². The van der Waals surface area contributed by atoms with Crippen LogP contribution in [0.4, 0.5) is 0 Å². The molecular formula is C21H30N6O2. The average molecular weight is 399 g/mol. The zero-order valence-electron chi connectivity index (χ0n) is 17.7. The van der Waals surface area contributed by atoms with Crippen molar-refractivity contribution in [1.82, 2.24) is 29.9 Å². The van der Waals surface area contributed by atoms with Gasteiger partial charge in [-0.05, 0) is 46.6 Å². The van der Waals surface area contributed by atoms with Crippen molar-refractivity contribution in [2.75, 3.05) is 26.2 Å². The summed E-state index contributed by atoms with van der Waals surface area (Å²) >= 11 is 0. The van der Waals surface area contributed by atoms with Crippen molar-refractivity contribution < 1.29 is 9.59 Å². The van der Waals surface area contributed by atoms with Crippen LogP contribution in [0, 0.1) is 6.92 Å². The Kier molecular flexibility index (Phi) is 5.29. The number of pyridine rings is 1. The summed E-state index contributed by atoms with van der Waals surface area (Å²) in [6.07, 6.45) is 3.93. The van der Waals surface area contributed by atoms with E-state index < -0.39 is 0 Å². The molecule has 2 aromatic heterocycles. The Morgan fingerprint density at radius 1 is 1.14 bits per heavy atom. The number of aromatic nitrogens is 3. The molecule has 2 fully saturated rings. The quantitative estimate of drug-likeness (QED) is 0.830. The topological polar surface area (TPSA) is 83.4 Å². The maximum Gasteiger partial charge on any atom is 0.254 e. The van der Waals surface area contributed by atoms with Crippen molar-refractivity contribution in [2.45, 2.75) is 58.7 Å². The zero-order chi connectivity index (χ0) is 20.7. The Morgan fingerprint density at radius 3 is 2.45 bits per heavy atom. The Balaban J connectivity index is 1.46. The minimum Gasteiger partial charge on any atom is -0.352 e. The van der Waals surface area contributed by atoms with Gasteiger partial charge in [0, 0.05) is 44.0 Å². The van der Waals surface area contributed by atoms with Crippen LogP contribution in [0.25, 0.3) is 11.0 Å². The average Bonchev–Trinajstić information content (AvgIpc) is 3.41. The molecule has 2 amide bonds. The van der Waals surface area contributed by atoms with Crippen LogP contribution in [0.1, 0.15) is 55.7 Å². The molecule has 8 heteroatoms. The predicted octanol–water partition coefficient (Wildman–Crippen LogP) is 1.75. The van der Waals surface area contributed by atoms with Crippen molar-refractivity contribution in [3.63, 3.8) is 0 Å². The molecule has 3 heterocycles. The number of hydrogen-bond acceptors (Lipinski definition) is 5. The molecule has 1 N–H and O–H groups in total. The van der Waals surface area contributed by atoms with Gasteiger partial charge in [-0.1, -0.05) is 0 Å². The van der Waals surface area contributed by atoms with Gasteiger partial charge in [0.25, 0.3) is 5.91 Å². The number of hydrogen-bond donors (Lipinski definition) is 1. The molecule has 1 atom stereocenters. The van der Waals surface area contributed by atoms with E-state index in [1.165, 1.54) is 0 Å². The van der Waals surface area contributed by atoms with E-state index in [2.05, 4.69) is 34.1 Å². The molecule has 8 nitrogen and oxygen atoms in total. The second kappa shape index (κ2) is 7.74. The molecule has 0 bridgehead atoms. The molecular weight excluding hydrogens is 368 g/mol. The van der Waals surface area contributed by atoms with E-state index in [1.54, 1.807) is 6.20 Å². The number of carbonyl (C=O) groups is 2. The van der Waals surface area contributed by atoms with Crippen LogP contribution in [0.2, 0.25) is 0 Å². The molecule has 0 spiro atoms. The van der Waals surface area contributed by atoms with Crippen molar-refractivity contribution in [3.8, 4) is 0 Å². The number of carbonyl (C=O) groups excluding carboxylic acids is 2. The first kappa shape index (κ1) is 19.8. The molecule has 156 valence electrons. The normalized spacial score (nSPS) is 19.0. The van der Waals surface area contributed by atoms with E-state index in [0.29, 0.717) is 37.8 Å². The monoisotopic (exact) mass is 398 g/mol. The smallest absolute Gasteiger partial charge is 0.254 e. The highest BCUT2D eigenvalue weighted by molar-refractivity contribution is 6.05. The first-order chi connectivity index (χ1) is 13.8. The molecule has 2 aromatic rings. The number of fused-ring (bicyclic) bond motifs is 1. The molecule has 1 saturated heterocycles. The fourth-order valence-electron chi connectivity index (χ4n) is 3.90. The molecule has 1 aliphatic heterocycles. The van der Waals surface area contributed by atoms with Crippen molar-refractivity contribution in [2.24, 2.45) is 0 Å². The summed E-state index contributed by atoms with van der Waals surface area (Å²) in [7, 11) is 0. The summed E-state index contributed by atoms with van der Waals surface area (Å²) < 4.78 is 1.86. The zero-order valence-corrected chi connectivity index (χ0v) is 17.7. The van der Waals surface area contributed by atoms with E-state index in [9.17, 15) is 9.59 Å². The fraction of sp³-hybridized carbons (Fsp3) is 0.619. The molecule has 4 rings (SSSR count). The van der Waals surface area contributed by atoms with E-state index >= 15 is 0 Å². The SMILES string of the molecule is Cc1cc(C(=O)N2CCN(C(C)C(=O)NC3CC3)CC2)c2cnn(C(C)C)c2n1. The summed E-state index contributed by atoms with van der Waals surface area (Å²) in [4.78, 5) is 34.2.